The van der Waals surface area contributed by atoms with E-state index in [9.17, 15) is 23.1 Å². The number of benzene rings is 1. The molecule has 0 bridgehead atoms. The molecule has 0 saturated heterocycles. The quantitative estimate of drug-likeness (QED) is 0.807. The Morgan fingerprint density at radius 1 is 1.33 bits per heavy atom. The van der Waals surface area contributed by atoms with Crippen LogP contribution in [0.3, 0.4) is 0 Å². The molecule has 0 aliphatic rings. The lowest BCUT2D eigenvalue weighted by atomic mass is 10.1. The van der Waals surface area contributed by atoms with Crippen LogP contribution in [-0.2, 0) is 22.1 Å². The molecule has 4 nitrogen and oxygen atoms in total. The Morgan fingerprint density at radius 3 is 2.48 bits per heavy atom. The van der Waals surface area contributed by atoms with Gasteiger partial charge in [0.1, 0.15) is 0 Å². The summed E-state index contributed by atoms with van der Waals surface area (Å²) in [6, 6.07) is 4.71. The van der Waals surface area contributed by atoms with Crippen LogP contribution in [0.1, 0.15) is 17.5 Å². The summed E-state index contributed by atoms with van der Waals surface area (Å²) >= 11 is 0. The van der Waals surface area contributed by atoms with Crippen LogP contribution in [-0.4, -0.2) is 37.4 Å². The van der Waals surface area contributed by atoms with E-state index in [1.807, 2.05) is 0 Å². The van der Waals surface area contributed by atoms with Crippen molar-refractivity contribution in [3.05, 3.63) is 35.4 Å². The zero-order chi connectivity index (χ0) is 15.9. The average molecular weight is 305 g/mol. The maximum Gasteiger partial charge on any atom is 0.416 e. The first-order valence-corrected chi connectivity index (χ1v) is 6.42. The minimum Gasteiger partial charge on any atom is -0.389 e. The summed E-state index contributed by atoms with van der Waals surface area (Å²) in [6.07, 6.45) is -4.65. The highest BCUT2D eigenvalue weighted by Crippen LogP contribution is 2.29. The minimum atomic E-state index is -4.35. The van der Waals surface area contributed by atoms with Gasteiger partial charge in [-0.1, -0.05) is 12.1 Å². The Kier molecular flexibility index (Phi) is 6.64. The molecule has 0 fully saturated rings. The number of methoxy groups -OCH3 is 1. The number of hydrogen-bond acceptors (Lipinski definition) is 3. The molecule has 21 heavy (non-hydrogen) atoms. The van der Waals surface area contributed by atoms with Crippen molar-refractivity contribution in [2.45, 2.75) is 25.1 Å². The van der Waals surface area contributed by atoms with Crippen molar-refractivity contribution in [3.63, 3.8) is 0 Å². The Hall–Kier alpha value is -1.60. The molecule has 2 N–H and O–H groups in total. The molecule has 0 heterocycles. The highest BCUT2D eigenvalue weighted by molar-refractivity contribution is 5.76. The van der Waals surface area contributed by atoms with Crippen molar-refractivity contribution in [1.82, 2.24) is 5.32 Å². The van der Waals surface area contributed by atoms with E-state index in [1.165, 1.54) is 19.2 Å². The van der Waals surface area contributed by atoms with Crippen molar-refractivity contribution >= 4 is 5.91 Å². The van der Waals surface area contributed by atoms with E-state index in [0.717, 1.165) is 12.1 Å². The number of amides is 1. The third kappa shape index (κ3) is 6.59. The average Bonchev–Trinajstić information content (AvgIpc) is 2.43. The van der Waals surface area contributed by atoms with E-state index in [1.54, 1.807) is 0 Å². The largest absolute Gasteiger partial charge is 0.416 e. The second-order valence-electron chi connectivity index (χ2n) is 4.61. The van der Waals surface area contributed by atoms with Gasteiger partial charge in [-0.2, -0.15) is 13.2 Å². The third-order valence-electron chi connectivity index (χ3n) is 2.82. The molecule has 0 radical (unpaired) electrons. The summed E-state index contributed by atoms with van der Waals surface area (Å²) in [6.45, 7) is 0.207. The summed E-state index contributed by atoms with van der Waals surface area (Å²) in [5, 5.41) is 11.9. The van der Waals surface area contributed by atoms with Crippen LogP contribution in [0.15, 0.2) is 24.3 Å². The van der Waals surface area contributed by atoms with Gasteiger partial charge in [0.05, 0.1) is 18.3 Å². The van der Waals surface area contributed by atoms with Gasteiger partial charge in [-0.25, -0.2) is 0 Å². The van der Waals surface area contributed by atoms with Crippen LogP contribution in [0, 0.1) is 0 Å². The van der Waals surface area contributed by atoms with E-state index in [4.69, 9.17) is 4.74 Å². The van der Waals surface area contributed by atoms with Gasteiger partial charge in [0.15, 0.2) is 0 Å². The highest BCUT2D eigenvalue weighted by atomic mass is 19.4. The van der Waals surface area contributed by atoms with E-state index in [0.29, 0.717) is 12.0 Å². The molecule has 1 aromatic carbocycles. The number of aliphatic hydroxyl groups is 1. The number of ether oxygens (including phenoxy) is 1. The first-order valence-electron chi connectivity index (χ1n) is 6.42. The Labute approximate surface area is 120 Å². The summed E-state index contributed by atoms with van der Waals surface area (Å²) < 4.78 is 41.8. The topological polar surface area (TPSA) is 58.6 Å². The molecular weight excluding hydrogens is 287 g/mol. The number of nitrogens with one attached hydrogen (secondary N) is 1. The zero-order valence-corrected chi connectivity index (χ0v) is 11.6. The number of carbonyl (C=O) groups excluding carboxylic acids is 1. The van der Waals surface area contributed by atoms with Crippen molar-refractivity contribution in [2.75, 3.05) is 20.3 Å². The smallest absolute Gasteiger partial charge is 0.389 e. The van der Waals surface area contributed by atoms with Gasteiger partial charge in [0, 0.05) is 20.1 Å². The van der Waals surface area contributed by atoms with Crippen LogP contribution >= 0.6 is 0 Å². The molecule has 1 unspecified atom stereocenters. The second-order valence-corrected chi connectivity index (χ2v) is 4.61. The van der Waals surface area contributed by atoms with E-state index in [2.05, 4.69) is 5.32 Å². The summed E-state index contributed by atoms with van der Waals surface area (Å²) in [4.78, 5) is 11.5. The Morgan fingerprint density at radius 2 is 1.95 bits per heavy atom. The second kappa shape index (κ2) is 7.99. The van der Waals surface area contributed by atoms with Crippen molar-refractivity contribution in [2.24, 2.45) is 0 Å². The molecule has 1 atom stereocenters. The van der Waals surface area contributed by atoms with Gasteiger partial charge in [0.25, 0.3) is 0 Å². The molecule has 118 valence electrons. The SMILES string of the molecule is COCC(O)CNC(=O)CCc1ccc(C(F)(F)F)cc1. The summed E-state index contributed by atoms with van der Waals surface area (Å²) in [5.74, 6) is -0.273. The van der Waals surface area contributed by atoms with Gasteiger partial charge >= 0.3 is 6.18 Å². The van der Waals surface area contributed by atoms with Gasteiger partial charge in [-0.15, -0.1) is 0 Å². The van der Waals surface area contributed by atoms with E-state index < -0.39 is 17.8 Å². The molecule has 0 aliphatic carbocycles. The Bertz CT molecular complexity index is 446. The first-order chi connectivity index (χ1) is 9.82. The summed E-state index contributed by atoms with van der Waals surface area (Å²) in [5.41, 5.74) is -0.0611. The fraction of sp³-hybridized carbons (Fsp3) is 0.500. The third-order valence-corrected chi connectivity index (χ3v) is 2.82. The molecule has 7 heteroatoms. The Balaban J connectivity index is 2.36. The normalized spacial score (nSPS) is 13.0. The van der Waals surface area contributed by atoms with Crippen LogP contribution in [0.4, 0.5) is 13.2 Å². The van der Waals surface area contributed by atoms with Gasteiger partial charge in [-0.05, 0) is 24.1 Å². The zero-order valence-electron chi connectivity index (χ0n) is 11.6. The molecule has 0 spiro atoms. The molecule has 0 saturated carbocycles. The monoisotopic (exact) mass is 305 g/mol. The predicted molar refractivity (Wildman–Crippen MR) is 70.7 cm³/mol. The van der Waals surface area contributed by atoms with Gasteiger partial charge < -0.3 is 15.2 Å². The molecule has 1 rings (SSSR count). The highest BCUT2D eigenvalue weighted by Gasteiger charge is 2.29. The minimum absolute atomic E-state index is 0.0830. The number of alkyl halides is 3. The van der Waals surface area contributed by atoms with Crippen molar-refractivity contribution in [1.29, 1.82) is 0 Å². The number of halogens is 3. The fourth-order valence-electron chi connectivity index (χ4n) is 1.69. The van der Waals surface area contributed by atoms with Gasteiger partial charge in [-0.3, -0.25) is 4.79 Å². The van der Waals surface area contributed by atoms with Crippen molar-refractivity contribution in [3.8, 4) is 0 Å². The van der Waals surface area contributed by atoms with E-state index >= 15 is 0 Å². The van der Waals surface area contributed by atoms with E-state index in [-0.39, 0.29) is 25.5 Å². The number of hydrogen-bond donors (Lipinski definition) is 2. The molecule has 0 aliphatic heterocycles. The number of carbonyl (C=O) groups is 1. The standard InChI is InChI=1S/C14H18F3NO3/c1-21-9-12(19)8-18-13(20)7-4-10-2-5-11(6-3-10)14(15,16)17/h2-3,5-6,12,19H,4,7-9H2,1H3,(H,18,20). The predicted octanol–water partition coefficient (Wildman–Crippen LogP) is 1.76. The van der Waals surface area contributed by atoms with Crippen LogP contribution < -0.4 is 5.32 Å². The molecule has 1 amide bonds. The fourth-order valence-corrected chi connectivity index (χ4v) is 1.69. The number of aryl methyl sites for hydroxylation is 1. The maximum atomic E-state index is 12.4. The number of aliphatic hydroxyl groups excluding tert-OH is 1. The van der Waals surface area contributed by atoms with Crippen LogP contribution in [0.5, 0.6) is 0 Å². The molecule has 0 aromatic heterocycles. The lowest BCUT2D eigenvalue weighted by Gasteiger charge is -2.11. The van der Waals surface area contributed by atoms with Gasteiger partial charge in [0.2, 0.25) is 5.91 Å². The lowest BCUT2D eigenvalue weighted by Crippen LogP contribution is -2.34. The maximum absolute atomic E-state index is 12.4. The first kappa shape index (κ1) is 17.5. The lowest BCUT2D eigenvalue weighted by molar-refractivity contribution is -0.137. The van der Waals surface area contributed by atoms with Crippen LogP contribution in [0.2, 0.25) is 0 Å². The van der Waals surface area contributed by atoms with Crippen LogP contribution in [0.25, 0.3) is 0 Å². The number of rotatable bonds is 7. The molecular formula is C14H18F3NO3. The summed E-state index contributed by atoms with van der Waals surface area (Å²) in [7, 11) is 1.44. The van der Waals surface area contributed by atoms with Crippen molar-refractivity contribution < 1.29 is 27.8 Å². The molecule has 1 aromatic rings.